The topological polar surface area (TPSA) is 35.2 Å². The van der Waals surface area contributed by atoms with Crippen LogP contribution in [-0.2, 0) is 11.2 Å². The van der Waals surface area contributed by atoms with Crippen molar-refractivity contribution in [1.29, 1.82) is 0 Å². The molecule has 1 aromatic carbocycles. The lowest BCUT2D eigenvalue weighted by atomic mass is 9.90. The second kappa shape index (κ2) is 6.24. The van der Waals surface area contributed by atoms with Gasteiger partial charge in [0.1, 0.15) is 0 Å². The van der Waals surface area contributed by atoms with Crippen molar-refractivity contribution in [2.75, 3.05) is 13.2 Å². The van der Waals surface area contributed by atoms with Gasteiger partial charge in [-0.3, -0.25) is 0 Å². The maximum Gasteiger partial charge on any atom is 0.0512 e. The van der Waals surface area contributed by atoms with E-state index in [9.17, 15) is 0 Å². The summed E-state index contributed by atoms with van der Waals surface area (Å²) < 4.78 is 5.47. The summed E-state index contributed by atoms with van der Waals surface area (Å²) in [7, 11) is 0. The average molecular weight is 242 g/mol. The van der Waals surface area contributed by atoms with E-state index in [1.807, 2.05) is 0 Å². The molecule has 1 aromatic rings. The van der Waals surface area contributed by atoms with Gasteiger partial charge in [0, 0.05) is 18.6 Å². The Balaban J connectivity index is 0.00000128. The van der Waals surface area contributed by atoms with Gasteiger partial charge in [0.15, 0.2) is 0 Å². The van der Waals surface area contributed by atoms with Gasteiger partial charge in [-0.15, -0.1) is 12.4 Å². The summed E-state index contributed by atoms with van der Waals surface area (Å²) in [6, 6.07) is 9.00. The van der Waals surface area contributed by atoms with E-state index in [0.717, 1.165) is 26.1 Å². The molecular formula is C13H20ClNO. The first-order valence-corrected chi connectivity index (χ1v) is 5.64. The number of nitrogens with two attached hydrogens (primary N) is 1. The molecule has 2 unspecified atom stereocenters. The molecule has 0 saturated carbocycles. The zero-order chi connectivity index (χ0) is 10.7. The van der Waals surface area contributed by atoms with E-state index in [4.69, 9.17) is 10.5 Å². The summed E-state index contributed by atoms with van der Waals surface area (Å²) in [5, 5.41) is 0. The van der Waals surface area contributed by atoms with Crippen molar-refractivity contribution in [1.82, 2.24) is 0 Å². The maximum absolute atomic E-state index is 6.08. The summed E-state index contributed by atoms with van der Waals surface area (Å²) in [5.41, 5.74) is 8.75. The van der Waals surface area contributed by atoms with Crippen LogP contribution < -0.4 is 5.73 Å². The molecule has 2 atom stereocenters. The van der Waals surface area contributed by atoms with Crippen LogP contribution in [0.1, 0.15) is 17.5 Å². The van der Waals surface area contributed by atoms with Gasteiger partial charge in [-0.25, -0.2) is 0 Å². The van der Waals surface area contributed by atoms with Crippen LogP contribution in [0.15, 0.2) is 24.3 Å². The van der Waals surface area contributed by atoms with Crippen molar-refractivity contribution in [2.24, 2.45) is 11.7 Å². The van der Waals surface area contributed by atoms with Crippen LogP contribution in [0.5, 0.6) is 0 Å². The third-order valence-corrected chi connectivity index (χ3v) is 3.15. The molecule has 0 aromatic heterocycles. The van der Waals surface area contributed by atoms with E-state index in [1.54, 1.807) is 0 Å². The van der Waals surface area contributed by atoms with Crippen LogP contribution in [0.25, 0.3) is 0 Å². The molecule has 16 heavy (non-hydrogen) atoms. The predicted molar refractivity (Wildman–Crippen MR) is 69.0 cm³/mol. The van der Waals surface area contributed by atoms with Crippen molar-refractivity contribution < 1.29 is 4.74 Å². The van der Waals surface area contributed by atoms with Crippen LogP contribution in [0.2, 0.25) is 0 Å². The van der Waals surface area contributed by atoms with Gasteiger partial charge < -0.3 is 10.5 Å². The monoisotopic (exact) mass is 241 g/mol. The molecule has 1 saturated heterocycles. The van der Waals surface area contributed by atoms with Crippen LogP contribution in [-0.4, -0.2) is 19.3 Å². The lowest BCUT2D eigenvalue weighted by molar-refractivity contribution is 0.0422. The minimum atomic E-state index is 0. The van der Waals surface area contributed by atoms with Crippen LogP contribution in [0, 0.1) is 12.8 Å². The minimum Gasteiger partial charge on any atom is -0.381 e. The summed E-state index contributed by atoms with van der Waals surface area (Å²) in [6.45, 7) is 3.75. The van der Waals surface area contributed by atoms with E-state index in [-0.39, 0.29) is 12.4 Å². The Kier molecular flexibility index (Phi) is 5.26. The SMILES string of the molecule is Cc1ccc(CC2COCCC2N)cc1.Cl. The summed E-state index contributed by atoms with van der Waals surface area (Å²) >= 11 is 0. The van der Waals surface area contributed by atoms with Gasteiger partial charge >= 0.3 is 0 Å². The second-order valence-corrected chi connectivity index (χ2v) is 4.48. The maximum atomic E-state index is 6.08. The van der Waals surface area contributed by atoms with Crippen molar-refractivity contribution in [3.05, 3.63) is 35.4 Å². The molecule has 0 aliphatic carbocycles. The number of aryl methyl sites for hydroxylation is 1. The number of halogens is 1. The summed E-state index contributed by atoms with van der Waals surface area (Å²) in [6.07, 6.45) is 2.04. The third-order valence-electron chi connectivity index (χ3n) is 3.15. The number of rotatable bonds is 2. The largest absolute Gasteiger partial charge is 0.381 e. The average Bonchev–Trinajstić information content (AvgIpc) is 2.25. The van der Waals surface area contributed by atoms with Crippen molar-refractivity contribution in [3.63, 3.8) is 0 Å². The van der Waals surface area contributed by atoms with Gasteiger partial charge in [0.2, 0.25) is 0 Å². The highest BCUT2D eigenvalue weighted by molar-refractivity contribution is 5.85. The highest BCUT2D eigenvalue weighted by Crippen LogP contribution is 2.18. The fraction of sp³-hybridized carbons (Fsp3) is 0.538. The first-order chi connectivity index (χ1) is 7.25. The molecule has 0 spiro atoms. The van der Waals surface area contributed by atoms with E-state index in [0.29, 0.717) is 12.0 Å². The molecule has 1 aliphatic rings. The molecule has 2 nitrogen and oxygen atoms in total. The molecule has 90 valence electrons. The van der Waals surface area contributed by atoms with Gasteiger partial charge in [0.25, 0.3) is 0 Å². The van der Waals surface area contributed by atoms with E-state index in [1.165, 1.54) is 11.1 Å². The lowest BCUT2D eigenvalue weighted by Gasteiger charge is -2.28. The molecule has 1 fully saturated rings. The van der Waals surface area contributed by atoms with Crippen molar-refractivity contribution in [3.8, 4) is 0 Å². The standard InChI is InChI=1S/C13H19NO.ClH/c1-10-2-4-11(5-3-10)8-12-9-15-7-6-13(12)14;/h2-5,12-13H,6-9,14H2,1H3;1H. The minimum absolute atomic E-state index is 0. The molecule has 2 N–H and O–H groups in total. The summed E-state index contributed by atoms with van der Waals surface area (Å²) in [4.78, 5) is 0. The molecule has 3 heteroatoms. The molecule has 0 bridgehead atoms. The lowest BCUT2D eigenvalue weighted by Crippen LogP contribution is -2.39. The van der Waals surface area contributed by atoms with Crippen LogP contribution in [0.4, 0.5) is 0 Å². The number of ether oxygens (including phenoxy) is 1. The highest BCUT2D eigenvalue weighted by Gasteiger charge is 2.22. The highest BCUT2D eigenvalue weighted by atomic mass is 35.5. The van der Waals surface area contributed by atoms with E-state index in [2.05, 4.69) is 31.2 Å². The van der Waals surface area contributed by atoms with Gasteiger partial charge in [-0.1, -0.05) is 29.8 Å². The number of hydrogen-bond donors (Lipinski definition) is 1. The Bertz CT molecular complexity index is 312. The van der Waals surface area contributed by atoms with Gasteiger partial charge in [-0.2, -0.15) is 0 Å². The third kappa shape index (κ3) is 3.48. The zero-order valence-electron chi connectivity index (χ0n) is 9.69. The van der Waals surface area contributed by atoms with Crippen molar-refractivity contribution in [2.45, 2.75) is 25.8 Å². The number of hydrogen-bond acceptors (Lipinski definition) is 2. The van der Waals surface area contributed by atoms with Gasteiger partial charge in [0.05, 0.1) is 6.61 Å². The first-order valence-electron chi connectivity index (χ1n) is 5.64. The van der Waals surface area contributed by atoms with E-state index < -0.39 is 0 Å². The Morgan fingerprint density at radius 2 is 2.00 bits per heavy atom. The van der Waals surface area contributed by atoms with Crippen LogP contribution >= 0.6 is 12.4 Å². The quantitative estimate of drug-likeness (QED) is 0.863. The van der Waals surface area contributed by atoms with Crippen molar-refractivity contribution >= 4 is 12.4 Å². The molecule has 2 rings (SSSR count). The summed E-state index contributed by atoms with van der Waals surface area (Å²) in [5.74, 6) is 0.487. The Morgan fingerprint density at radius 1 is 1.31 bits per heavy atom. The Morgan fingerprint density at radius 3 is 2.62 bits per heavy atom. The Labute approximate surface area is 104 Å². The van der Waals surface area contributed by atoms with E-state index >= 15 is 0 Å². The van der Waals surface area contributed by atoms with Gasteiger partial charge in [-0.05, 0) is 25.3 Å². The second-order valence-electron chi connectivity index (χ2n) is 4.48. The predicted octanol–water partition coefficient (Wildman–Crippen LogP) is 2.32. The fourth-order valence-electron chi connectivity index (χ4n) is 2.05. The Hall–Kier alpha value is -0.570. The molecule has 0 radical (unpaired) electrons. The molecular weight excluding hydrogens is 222 g/mol. The normalized spacial score (nSPS) is 24.9. The zero-order valence-corrected chi connectivity index (χ0v) is 10.5. The first kappa shape index (κ1) is 13.5. The molecule has 1 heterocycles. The number of benzene rings is 1. The smallest absolute Gasteiger partial charge is 0.0512 e. The molecule has 0 amide bonds. The fourth-order valence-corrected chi connectivity index (χ4v) is 2.05. The molecule has 1 aliphatic heterocycles. The van der Waals surface area contributed by atoms with Crippen LogP contribution in [0.3, 0.4) is 0 Å².